The van der Waals surface area contributed by atoms with E-state index < -0.39 is 12.0 Å². The van der Waals surface area contributed by atoms with Gasteiger partial charge in [0.2, 0.25) is 0 Å². The number of allylic oxidation sites excluding steroid dienone is 1. The molecule has 1 amide bonds. The van der Waals surface area contributed by atoms with Crippen LogP contribution in [0.15, 0.2) is 53.6 Å². The maximum Gasteiger partial charge on any atom is 0.333 e. The van der Waals surface area contributed by atoms with Gasteiger partial charge in [0.15, 0.2) is 0 Å². The molecule has 1 aliphatic rings. The number of carbonyl (C=O) groups excluding carboxylic acids is 1. The number of nitrogens with zero attached hydrogens (tertiary/aromatic N) is 1. The number of carboxylic acids is 1. The highest BCUT2D eigenvalue weighted by molar-refractivity contribution is 5.97. The van der Waals surface area contributed by atoms with Crippen LogP contribution in [0.4, 0.5) is 0 Å². The first kappa shape index (κ1) is 22.6. The quantitative estimate of drug-likeness (QED) is 0.693. The number of ether oxygens (including phenoxy) is 1. The summed E-state index contributed by atoms with van der Waals surface area (Å²) in [5.74, 6) is -0.536. The fourth-order valence-electron chi connectivity index (χ4n) is 4.31. The molecule has 1 aliphatic heterocycles. The van der Waals surface area contributed by atoms with Crippen molar-refractivity contribution in [2.75, 3.05) is 13.7 Å². The van der Waals surface area contributed by atoms with Crippen LogP contribution in [0.2, 0.25) is 0 Å². The van der Waals surface area contributed by atoms with E-state index in [1.165, 1.54) is 0 Å². The Morgan fingerprint density at radius 2 is 1.77 bits per heavy atom. The van der Waals surface area contributed by atoms with Crippen molar-refractivity contribution in [3.63, 3.8) is 0 Å². The molecule has 164 valence electrons. The van der Waals surface area contributed by atoms with Crippen LogP contribution in [0.3, 0.4) is 0 Å². The first-order valence-electron chi connectivity index (χ1n) is 10.5. The number of carboxylic acid groups (broad SMARTS) is 1. The summed E-state index contributed by atoms with van der Waals surface area (Å²) in [4.78, 5) is 27.5. The molecule has 0 saturated carbocycles. The highest BCUT2D eigenvalue weighted by Gasteiger charge is 2.37. The number of methoxy groups -OCH3 is 1. The zero-order valence-electron chi connectivity index (χ0n) is 19.2. The molecule has 0 aliphatic carbocycles. The molecule has 1 N–H and O–H groups in total. The smallest absolute Gasteiger partial charge is 0.333 e. The predicted octanol–water partition coefficient (Wildman–Crippen LogP) is 5.15. The molecule has 2 aromatic rings. The number of carbonyl (C=O) groups is 2. The molecule has 0 saturated heterocycles. The molecule has 0 bridgehead atoms. The summed E-state index contributed by atoms with van der Waals surface area (Å²) in [7, 11) is 1.60. The van der Waals surface area contributed by atoms with E-state index in [0.717, 1.165) is 16.7 Å². The van der Waals surface area contributed by atoms with Crippen LogP contribution in [-0.2, 0) is 16.6 Å². The Hall–Kier alpha value is -3.08. The number of fused-ring (bicyclic) bond motifs is 1. The summed E-state index contributed by atoms with van der Waals surface area (Å²) in [5, 5.41) is 9.98. The van der Waals surface area contributed by atoms with Gasteiger partial charge in [-0.25, -0.2) is 4.79 Å². The third-order valence-corrected chi connectivity index (χ3v) is 5.84. The molecule has 5 heteroatoms. The second kappa shape index (κ2) is 8.58. The van der Waals surface area contributed by atoms with Crippen LogP contribution >= 0.6 is 0 Å². The van der Waals surface area contributed by atoms with Gasteiger partial charge in [0.1, 0.15) is 5.75 Å². The van der Waals surface area contributed by atoms with Crippen LogP contribution in [-0.4, -0.2) is 35.5 Å². The van der Waals surface area contributed by atoms with E-state index in [9.17, 15) is 14.7 Å². The Kier molecular flexibility index (Phi) is 6.25. The lowest BCUT2D eigenvalue weighted by Crippen LogP contribution is -2.42. The SMILES string of the molecule is COc1cc(C(=O)N2CCc3ccccc3C2C(C(=O)O)=C(C)C)ccc1C(C)(C)C. The molecular formula is C26H31NO4. The van der Waals surface area contributed by atoms with Crippen LogP contribution in [0.1, 0.15) is 67.7 Å². The van der Waals surface area contributed by atoms with Gasteiger partial charge in [-0.05, 0) is 54.5 Å². The fourth-order valence-corrected chi connectivity index (χ4v) is 4.31. The molecule has 0 radical (unpaired) electrons. The van der Waals surface area contributed by atoms with Crippen molar-refractivity contribution >= 4 is 11.9 Å². The summed E-state index contributed by atoms with van der Waals surface area (Å²) < 4.78 is 5.58. The molecule has 5 nitrogen and oxygen atoms in total. The second-order valence-corrected chi connectivity index (χ2v) is 9.23. The molecule has 1 unspecified atom stereocenters. The molecule has 1 atom stereocenters. The van der Waals surface area contributed by atoms with E-state index in [0.29, 0.717) is 29.9 Å². The average Bonchev–Trinajstić information content (AvgIpc) is 2.71. The molecule has 0 aromatic heterocycles. The third-order valence-electron chi connectivity index (χ3n) is 5.84. The lowest BCUT2D eigenvalue weighted by atomic mass is 9.84. The van der Waals surface area contributed by atoms with E-state index >= 15 is 0 Å². The topological polar surface area (TPSA) is 66.8 Å². The van der Waals surface area contributed by atoms with Crippen molar-refractivity contribution in [2.24, 2.45) is 0 Å². The van der Waals surface area contributed by atoms with E-state index in [4.69, 9.17) is 4.74 Å². The standard InChI is InChI=1S/C26H31NO4/c1-16(2)22(25(29)30)23-19-10-8-7-9-17(19)13-14-27(23)24(28)18-11-12-20(26(3,4)5)21(15-18)31-6/h7-12,15,23H,13-14H2,1-6H3,(H,29,30). The van der Waals surface area contributed by atoms with Crippen LogP contribution in [0.5, 0.6) is 5.75 Å². The molecule has 31 heavy (non-hydrogen) atoms. The molecule has 0 fully saturated rings. The number of benzene rings is 2. The van der Waals surface area contributed by atoms with E-state index in [1.807, 2.05) is 36.4 Å². The van der Waals surface area contributed by atoms with E-state index in [1.54, 1.807) is 31.9 Å². The zero-order chi connectivity index (χ0) is 22.9. The molecule has 3 rings (SSSR count). The second-order valence-electron chi connectivity index (χ2n) is 9.23. The average molecular weight is 422 g/mol. The third kappa shape index (κ3) is 4.36. The van der Waals surface area contributed by atoms with Gasteiger partial charge in [0.25, 0.3) is 5.91 Å². The number of aliphatic carboxylic acids is 1. The van der Waals surface area contributed by atoms with Crippen molar-refractivity contribution in [1.82, 2.24) is 4.90 Å². The van der Waals surface area contributed by atoms with Gasteiger partial charge < -0.3 is 14.7 Å². The van der Waals surface area contributed by atoms with Gasteiger partial charge in [0.05, 0.1) is 18.7 Å². The first-order valence-corrected chi connectivity index (χ1v) is 10.5. The Bertz CT molecular complexity index is 1040. The Labute approximate surface area is 184 Å². The predicted molar refractivity (Wildman–Crippen MR) is 122 cm³/mol. The van der Waals surface area contributed by atoms with E-state index in [-0.39, 0.29) is 16.9 Å². The Morgan fingerprint density at radius 3 is 2.35 bits per heavy atom. The minimum absolute atomic E-state index is 0.127. The number of amides is 1. The van der Waals surface area contributed by atoms with Crippen molar-refractivity contribution in [3.8, 4) is 5.75 Å². The van der Waals surface area contributed by atoms with E-state index in [2.05, 4.69) is 20.8 Å². The van der Waals surface area contributed by atoms with Gasteiger partial charge in [0, 0.05) is 12.1 Å². The zero-order valence-corrected chi connectivity index (χ0v) is 19.2. The highest BCUT2D eigenvalue weighted by Crippen LogP contribution is 2.38. The Morgan fingerprint density at radius 1 is 1.10 bits per heavy atom. The fraction of sp³-hybridized carbons (Fsp3) is 0.385. The normalized spacial score (nSPS) is 15.8. The molecule has 1 heterocycles. The first-order chi connectivity index (χ1) is 14.6. The van der Waals surface area contributed by atoms with Crippen molar-refractivity contribution in [3.05, 3.63) is 75.9 Å². The summed E-state index contributed by atoms with van der Waals surface area (Å²) in [6, 6.07) is 12.7. The lowest BCUT2D eigenvalue weighted by molar-refractivity contribution is -0.133. The summed E-state index contributed by atoms with van der Waals surface area (Å²) in [5.41, 5.74) is 4.27. The van der Waals surface area contributed by atoms with Gasteiger partial charge in [-0.2, -0.15) is 0 Å². The summed E-state index contributed by atoms with van der Waals surface area (Å²) in [6.45, 7) is 10.3. The highest BCUT2D eigenvalue weighted by atomic mass is 16.5. The maximum atomic E-state index is 13.7. The minimum Gasteiger partial charge on any atom is -0.496 e. The van der Waals surface area contributed by atoms with Crippen molar-refractivity contribution in [2.45, 2.75) is 52.5 Å². The van der Waals surface area contributed by atoms with Gasteiger partial charge in [-0.1, -0.05) is 56.7 Å². The number of rotatable bonds is 4. The van der Waals surface area contributed by atoms with Gasteiger partial charge in [-0.3, -0.25) is 4.79 Å². The molecular weight excluding hydrogens is 390 g/mol. The van der Waals surface area contributed by atoms with Crippen LogP contribution < -0.4 is 4.74 Å². The number of hydrogen-bond donors (Lipinski definition) is 1. The van der Waals surface area contributed by atoms with Gasteiger partial charge in [-0.15, -0.1) is 0 Å². The van der Waals surface area contributed by atoms with Crippen molar-refractivity contribution < 1.29 is 19.4 Å². The minimum atomic E-state index is -1.000. The summed E-state index contributed by atoms with van der Waals surface area (Å²) >= 11 is 0. The molecule has 0 spiro atoms. The lowest BCUT2D eigenvalue weighted by Gasteiger charge is -2.38. The summed E-state index contributed by atoms with van der Waals surface area (Å²) in [6.07, 6.45) is 0.686. The monoisotopic (exact) mass is 421 g/mol. The van der Waals surface area contributed by atoms with Gasteiger partial charge >= 0.3 is 5.97 Å². The number of hydrogen-bond acceptors (Lipinski definition) is 3. The van der Waals surface area contributed by atoms with Crippen molar-refractivity contribution in [1.29, 1.82) is 0 Å². The maximum absolute atomic E-state index is 13.7. The largest absolute Gasteiger partial charge is 0.496 e. The Balaban J connectivity index is 2.11. The van der Waals surface area contributed by atoms with Crippen LogP contribution in [0, 0.1) is 0 Å². The molecule has 2 aromatic carbocycles. The van der Waals surface area contributed by atoms with Crippen LogP contribution in [0.25, 0.3) is 0 Å².